The molecule has 132 valence electrons. The quantitative estimate of drug-likeness (QED) is 0.535. The second kappa shape index (κ2) is 7.88. The molecule has 3 aromatic rings. The van der Waals surface area contributed by atoms with Crippen LogP contribution in [0.15, 0.2) is 46.1 Å². The average molecular weight is 339 g/mol. The third kappa shape index (κ3) is 4.21. The Kier molecular flexibility index (Phi) is 5.38. The number of hydrogen-bond donors (Lipinski definition) is 2. The van der Waals surface area contributed by atoms with Crippen LogP contribution in [0.1, 0.15) is 23.8 Å². The van der Waals surface area contributed by atoms with E-state index in [4.69, 9.17) is 4.42 Å². The van der Waals surface area contributed by atoms with Crippen molar-refractivity contribution in [3.8, 4) is 0 Å². The second-order valence-corrected chi connectivity index (χ2v) is 6.05. The van der Waals surface area contributed by atoms with Crippen molar-refractivity contribution in [2.75, 3.05) is 13.1 Å². The Labute approximate surface area is 147 Å². The fourth-order valence-corrected chi connectivity index (χ4v) is 2.75. The Morgan fingerprint density at radius 2 is 2.08 bits per heavy atom. The average Bonchev–Trinajstić information content (AvgIpc) is 3.16. The van der Waals surface area contributed by atoms with E-state index >= 15 is 0 Å². The summed E-state index contributed by atoms with van der Waals surface area (Å²) in [6.45, 7) is 9.05. The van der Waals surface area contributed by atoms with E-state index in [0.29, 0.717) is 6.54 Å². The number of para-hydroxylation sites is 1. The predicted octanol–water partition coefficient (Wildman–Crippen LogP) is 3.00. The maximum atomic E-state index is 5.93. The summed E-state index contributed by atoms with van der Waals surface area (Å²) in [5.41, 5.74) is 3.24. The first-order chi connectivity index (χ1) is 12.2. The normalized spacial score (nSPS) is 11.9. The third-order valence-corrected chi connectivity index (χ3v) is 4.06. The number of fused-ring (bicyclic) bond motifs is 1. The molecule has 0 aliphatic rings. The van der Waals surface area contributed by atoms with Crippen molar-refractivity contribution in [1.29, 1.82) is 0 Å². The Hall–Kier alpha value is -2.76. The number of guanidine groups is 1. The zero-order valence-corrected chi connectivity index (χ0v) is 15.0. The molecule has 0 fully saturated rings. The van der Waals surface area contributed by atoms with Crippen LogP contribution in [0.25, 0.3) is 11.0 Å². The van der Waals surface area contributed by atoms with Gasteiger partial charge in [-0.25, -0.2) is 4.99 Å². The minimum absolute atomic E-state index is 0.511. The largest absolute Gasteiger partial charge is 0.459 e. The van der Waals surface area contributed by atoms with Gasteiger partial charge in [0.05, 0.1) is 12.7 Å². The molecule has 0 saturated heterocycles. The van der Waals surface area contributed by atoms with Gasteiger partial charge in [-0.15, -0.1) is 0 Å². The lowest BCUT2D eigenvalue weighted by atomic mass is 10.1. The van der Waals surface area contributed by atoms with Crippen LogP contribution in [0.4, 0.5) is 0 Å². The summed E-state index contributed by atoms with van der Waals surface area (Å²) < 4.78 is 7.85. The number of nitrogens with zero attached hydrogens (tertiary/aromatic N) is 3. The fourth-order valence-electron chi connectivity index (χ4n) is 2.75. The van der Waals surface area contributed by atoms with Gasteiger partial charge < -0.3 is 15.1 Å². The highest BCUT2D eigenvalue weighted by atomic mass is 16.3. The minimum Gasteiger partial charge on any atom is -0.459 e. The molecule has 0 saturated carbocycles. The van der Waals surface area contributed by atoms with Gasteiger partial charge in [-0.2, -0.15) is 5.10 Å². The lowest BCUT2D eigenvalue weighted by Gasteiger charge is -2.11. The second-order valence-electron chi connectivity index (χ2n) is 6.05. The number of hydrogen-bond acceptors (Lipinski definition) is 3. The highest BCUT2D eigenvalue weighted by Crippen LogP contribution is 2.25. The van der Waals surface area contributed by atoms with Crippen LogP contribution in [-0.4, -0.2) is 28.8 Å². The van der Waals surface area contributed by atoms with Gasteiger partial charge in [-0.1, -0.05) is 18.2 Å². The number of furan rings is 1. The fraction of sp³-hybridized carbons (Fsp3) is 0.368. The van der Waals surface area contributed by atoms with Gasteiger partial charge >= 0.3 is 0 Å². The minimum atomic E-state index is 0.511. The van der Waals surface area contributed by atoms with Crippen LogP contribution >= 0.6 is 0 Å². The van der Waals surface area contributed by atoms with E-state index in [-0.39, 0.29) is 0 Å². The van der Waals surface area contributed by atoms with Gasteiger partial charge in [0.1, 0.15) is 17.9 Å². The SMILES string of the molecule is CCNC(=NCc1oc2ccccc2c1C)NCCn1cc(C)cn1. The molecule has 6 nitrogen and oxygen atoms in total. The Morgan fingerprint density at radius 3 is 2.80 bits per heavy atom. The molecule has 0 radical (unpaired) electrons. The van der Waals surface area contributed by atoms with E-state index < -0.39 is 0 Å². The summed E-state index contributed by atoms with van der Waals surface area (Å²) in [5, 5.41) is 12.0. The first-order valence-corrected chi connectivity index (χ1v) is 8.65. The number of nitrogens with one attached hydrogen (secondary N) is 2. The Morgan fingerprint density at radius 1 is 1.24 bits per heavy atom. The van der Waals surface area contributed by atoms with Crippen LogP contribution in [0.5, 0.6) is 0 Å². The number of aliphatic imine (C=N–C) groups is 1. The number of rotatable bonds is 6. The van der Waals surface area contributed by atoms with E-state index in [2.05, 4.69) is 40.6 Å². The molecule has 0 atom stereocenters. The molecule has 1 aromatic carbocycles. The molecule has 0 spiro atoms. The molecule has 2 N–H and O–H groups in total. The first kappa shape index (κ1) is 17.1. The summed E-state index contributed by atoms with van der Waals surface area (Å²) in [6, 6.07) is 8.09. The van der Waals surface area contributed by atoms with Crippen molar-refractivity contribution < 1.29 is 4.42 Å². The van der Waals surface area contributed by atoms with Crippen molar-refractivity contribution in [2.45, 2.75) is 33.9 Å². The molecule has 2 heterocycles. The van der Waals surface area contributed by atoms with Crippen molar-refractivity contribution in [2.24, 2.45) is 4.99 Å². The zero-order chi connectivity index (χ0) is 17.6. The highest BCUT2D eigenvalue weighted by molar-refractivity contribution is 5.82. The van der Waals surface area contributed by atoms with Crippen LogP contribution in [0, 0.1) is 13.8 Å². The Balaban J connectivity index is 1.63. The molecule has 6 heteroatoms. The summed E-state index contributed by atoms with van der Waals surface area (Å²) >= 11 is 0. The van der Waals surface area contributed by atoms with Crippen molar-refractivity contribution in [3.63, 3.8) is 0 Å². The molecule has 3 rings (SSSR count). The molecule has 2 aromatic heterocycles. The molecular formula is C19H25N5O. The number of benzene rings is 1. The van der Waals surface area contributed by atoms with Crippen LogP contribution in [0.2, 0.25) is 0 Å². The van der Waals surface area contributed by atoms with E-state index in [1.54, 1.807) is 0 Å². The van der Waals surface area contributed by atoms with Gasteiger partial charge in [-0.05, 0) is 32.4 Å². The van der Waals surface area contributed by atoms with Crippen LogP contribution in [0.3, 0.4) is 0 Å². The molecule has 25 heavy (non-hydrogen) atoms. The number of aryl methyl sites for hydroxylation is 2. The molecular weight excluding hydrogens is 314 g/mol. The van der Waals surface area contributed by atoms with E-state index in [0.717, 1.165) is 47.9 Å². The molecule has 0 aliphatic heterocycles. The zero-order valence-electron chi connectivity index (χ0n) is 15.0. The first-order valence-electron chi connectivity index (χ1n) is 8.65. The molecule has 0 amide bonds. The van der Waals surface area contributed by atoms with Crippen molar-refractivity contribution in [1.82, 2.24) is 20.4 Å². The van der Waals surface area contributed by atoms with E-state index in [1.165, 1.54) is 5.56 Å². The lowest BCUT2D eigenvalue weighted by molar-refractivity contribution is 0.547. The van der Waals surface area contributed by atoms with Gasteiger partial charge in [0.2, 0.25) is 0 Å². The maximum Gasteiger partial charge on any atom is 0.191 e. The van der Waals surface area contributed by atoms with Gasteiger partial charge in [-0.3, -0.25) is 4.68 Å². The van der Waals surface area contributed by atoms with Crippen molar-refractivity contribution >= 4 is 16.9 Å². The highest BCUT2D eigenvalue weighted by Gasteiger charge is 2.09. The van der Waals surface area contributed by atoms with Gasteiger partial charge in [0.15, 0.2) is 5.96 Å². The van der Waals surface area contributed by atoms with Gasteiger partial charge in [0.25, 0.3) is 0 Å². The summed E-state index contributed by atoms with van der Waals surface area (Å²) in [4.78, 5) is 4.65. The maximum absolute atomic E-state index is 5.93. The number of aromatic nitrogens is 2. The standard InChI is InChI=1S/C19H25N5O/c1-4-20-19(21-9-10-24-13-14(2)11-23-24)22-12-18-15(3)16-7-5-6-8-17(16)25-18/h5-8,11,13H,4,9-10,12H2,1-3H3,(H2,20,21,22). The molecule has 0 bridgehead atoms. The lowest BCUT2D eigenvalue weighted by Crippen LogP contribution is -2.38. The van der Waals surface area contributed by atoms with Crippen LogP contribution < -0.4 is 10.6 Å². The topological polar surface area (TPSA) is 67.4 Å². The summed E-state index contributed by atoms with van der Waals surface area (Å²) in [6.07, 6.45) is 3.90. The van der Waals surface area contributed by atoms with E-state index in [9.17, 15) is 0 Å². The molecule has 0 aliphatic carbocycles. The third-order valence-electron chi connectivity index (χ3n) is 4.06. The monoisotopic (exact) mass is 339 g/mol. The summed E-state index contributed by atoms with van der Waals surface area (Å²) in [5.74, 6) is 1.69. The summed E-state index contributed by atoms with van der Waals surface area (Å²) in [7, 11) is 0. The van der Waals surface area contributed by atoms with Crippen LogP contribution in [-0.2, 0) is 13.1 Å². The molecule has 0 unspecified atom stereocenters. The predicted molar refractivity (Wildman–Crippen MR) is 101 cm³/mol. The van der Waals surface area contributed by atoms with Gasteiger partial charge in [0, 0.05) is 30.2 Å². The van der Waals surface area contributed by atoms with E-state index in [1.807, 2.05) is 42.2 Å². The smallest absolute Gasteiger partial charge is 0.191 e. The Bertz CT molecular complexity index is 862. The van der Waals surface area contributed by atoms with Crippen molar-refractivity contribution in [3.05, 3.63) is 53.5 Å².